The summed E-state index contributed by atoms with van der Waals surface area (Å²) < 4.78 is 0. The zero-order valence-corrected chi connectivity index (χ0v) is 11.0. The molecule has 18 heavy (non-hydrogen) atoms. The van der Waals surface area contributed by atoms with Gasteiger partial charge in [-0.25, -0.2) is 0 Å². The van der Waals surface area contributed by atoms with Crippen LogP contribution in [0.1, 0.15) is 38.2 Å². The van der Waals surface area contributed by atoms with Gasteiger partial charge < -0.3 is 15.5 Å². The van der Waals surface area contributed by atoms with E-state index in [1.54, 1.807) is 12.1 Å². The third-order valence-electron chi connectivity index (χ3n) is 3.70. The van der Waals surface area contributed by atoms with Crippen LogP contribution < -0.4 is 5.32 Å². The van der Waals surface area contributed by atoms with Gasteiger partial charge in [-0.05, 0) is 56.7 Å². The number of hydrogen-bond donors (Lipinski definition) is 3. The van der Waals surface area contributed by atoms with Gasteiger partial charge in [0.1, 0.15) is 5.75 Å². The van der Waals surface area contributed by atoms with Gasteiger partial charge in [0.15, 0.2) is 0 Å². The molecule has 1 aromatic carbocycles. The van der Waals surface area contributed by atoms with E-state index in [9.17, 15) is 10.2 Å². The van der Waals surface area contributed by atoms with E-state index in [4.69, 9.17) is 0 Å². The van der Waals surface area contributed by atoms with E-state index in [0.29, 0.717) is 17.8 Å². The normalized spacial score (nSPS) is 25.9. The first-order chi connectivity index (χ1) is 8.63. The van der Waals surface area contributed by atoms with Crippen molar-refractivity contribution in [2.75, 3.05) is 0 Å². The monoisotopic (exact) mass is 249 g/mol. The number of phenols is 1. The summed E-state index contributed by atoms with van der Waals surface area (Å²) in [6, 6.07) is 8.38. The van der Waals surface area contributed by atoms with E-state index < -0.39 is 0 Å². The summed E-state index contributed by atoms with van der Waals surface area (Å²) in [6.45, 7) is 2.19. The van der Waals surface area contributed by atoms with Crippen molar-refractivity contribution in [3.05, 3.63) is 29.8 Å². The van der Waals surface area contributed by atoms with Crippen LogP contribution in [0.5, 0.6) is 5.75 Å². The molecule has 1 unspecified atom stereocenters. The van der Waals surface area contributed by atoms with Gasteiger partial charge in [-0.3, -0.25) is 0 Å². The molecule has 1 aliphatic carbocycles. The Balaban J connectivity index is 1.78. The summed E-state index contributed by atoms with van der Waals surface area (Å²) in [5, 5.41) is 22.3. The first kappa shape index (κ1) is 13.4. The molecule has 100 valence electrons. The van der Waals surface area contributed by atoms with Crippen molar-refractivity contribution in [1.82, 2.24) is 5.32 Å². The molecule has 1 aromatic rings. The molecule has 3 nitrogen and oxygen atoms in total. The molecule has 1 saturated carbocycles. The van der Waals surface area contributed by atoms with Crippen LogP contribution in [0.2, 0.25) is 0 Å². The summed E-state index contributed by atoms with van der Waals surface area (Å²) in [5.74, 6) is 0.320. The highest BCUT2D eigenvalue weighted by Gasteiger charge is 2.20. The Labute approximate surface area is 109 Å². The standard InChI is InChI=1S/C15H23NO2/c1-11(10-12-2-6-14(17)7-3-12)16-13-4-8-15(18)9-5-13/h2-3,6-7,11,13,15-18H,4-5,8-10H2,1H3. The highest BCUT2D eigenvalue weighted by atomic mass is 16.3. The summed E-state index contributed by atoms with van der Waals surface area (Å²) in [7, 11) is 0. The third-order valence-corrected chi connectivity index (χ3v) is 3.70. The number of nitrogens with one attached hydrogen (secondary N) is 1. The number of phenolic OH excluding ortho intramolecular Hbond substituents is 1. The minimum absolute atomic E-state index is 0.0875. The molecule has 3 heteroatoms. The third kappa shape index (κ3) is 4.00. The predicted molar refractivity (Wildman–Crippen MR) is 72.7 cm³/mol. The Morgan fingerprint density at radius 1 is 1.17 bits per heavy atom. The Morgan fingerprint density at radius 2 is 1.78 bits per heavy atom. The quantitative estimate of drug-likeness (QED) is 0.767. The number of aliphatic hydroxyl groups excluding tert-OH is 1. The molecule has 0 spiro atoms. The highest BCUT2D eigenvalue weighted by Crippen LogP contribution is 2.19. The Bertz CT molecular complexity index is 355. The van der Waals surface area contributed by atoms with Crippen LogP contribution in [-0.4, -0.2) is 28.4 Å². The lowest BCUT2D eigenvalue weighted by atomic mass is 9.92. The molecule has 0 amide bonds. The van der Waals surface area contributed by atoms with Crippen LogP contribution in [0.3, 0.4) is 0 Å². The van der Waals surface area contributed by atoms with Gasteiger partial charge in [0, 0.05) is 12.1 Å². The average molecular weight is 249 g/mol. The fourth-order valence-corrected chi connectivity index (χ4v) is 2.69. The molecule has 0 radical (unpaired) electrons. The molecular formula is C15H23NO2. The second-order valence-corrected chi connectivity index (χ2v) is 5.44. The van der Waals surface area contributed by atoms with Crippen molar-refractivity contribution in [2.45, 2.75) is 57.2 Å². The largest absolute Gasteiger partial charge is 0.508 e. The van der Waals surface area contributed by atoms with Crippen LogP contribution in [0.25, 0.3) is 0 Å². The van der Waals surface area contributed by atoms with Gasteiger partial charge in [-0.1, -0.05) is 12.1 Å². The molecule has 1 aliphatic rings. The van der Waals surface area contributed by atoms with Gasteiger partial charge in [0.05, 0.1) is 6.10 Å². The Kier molecular flexibility index (Phi) is 4.61. The number of hydrogen-bond acceptors (Lipinski definition) is 3. The smallest absolute Gasteiger partial charge is 0.115 e. The molecule has 2 rings (SSSR count). The molecule has 0 heterocycles. The number of aliphatic hydroxyl groups is 1. The van der Waals surface area contributed by atoms with Crippen LogP contribution >= 0.6 is 0 Å². The van der Waals surface area contributed by atoms with Crippen molar-refractivity contribution in [3.63, 3.8) is 0 Å². The minimum Gasteiger partial charge on any atom is -0.508 e. The highest BCUT2D eigenvalue weighted by molar-refractivity contribution is 5.26. The minimum atomic E-state index is -0.0875. The predicted octanol–water partition coefficient (Wildman–Crippen LogP) is 2.22. The van der Waals surface area contributed by atoms with E-state index in [0.717, 1.165) is 32.1 Å². The zero-order valence-electron chi connectivity index (χ0n) is 11.0. The number of aromatic hydroxyl groups is 1. The molecule has 3 N–H and O–H groups in total. The molecular weight excluding hydrogens is 226 g/mol. The Morgan fingerprint density at radius 3 is 2.39 bits per heavy atom. The average Bonchev–Trinajstić information content (AvgIpc) is 2.35. The van der Waals surface area contributed by atoms with Crippen molar-refractivity contribution < 1.29 is 10.2 Å². The van der Waals surface area contributed by atoms with E-state index in [2.05, 4.69) is 12.2 Å². The second-order valence-electron chi connectivity index (χ2n) is 5.44. The zero-order chi connectivity index (χ0) is 13.0. The maximum Gasteiger partial charge on any atom is 0.115 e. The van der Waals surface area contributed by atoms with E-state index in [-0.39, 0.29) is 6.10 Å². The summed E-state index contributed by atoms with van der Waals surface area (Å²) in [5.41, 5.74) is 1.24. The first-order valence-electron chi connectivity index (χ1n) is 6.85. The van der Waals surface area contributed by atoms with Crippen molar-refractivity contribution >= 4 is 0 Å². The molecule has 0 saturated heterocycles. The van der Waals surface area contributed by atoms with E-state index in [1.807, 2.05) is 12.1 Å². The molecule has 1 atom stereocenters. The number of benzene rings is 1. The van der Waals surface area contributed by atoms with Crippen LogP contribution in [-0.2, 0) is 6.42 Å². The van der Waals surface area contributed by atoms with E-state index >= 15 is 0 Å². The Hall–Kier alpha value is -1.06. The maximum atomic E-state index is 9.47. The first-order valence-corrected chi connectivity index (χ1v) is 6.85. The fraction of sp³-hybridized carbons (Fsp3) is 0.600. The fourth-order valence-electron chi connectivity index (χ4n) is 2.69. The van der Waals surface area contributed by atoms with Crippen molar-refractivity contribution in [1.29, 1.82) is 0 Å². The summed E-state index contributed by atoms with van der Waals surface area (Å²) in [4.78, 5) is 0. The van der Waals surface area contributed by atoms with Gasteiger partial charge in [-0.2, -0.15) is 0 Å². The lowest BCUT2D eigenvalue weighted by Gasteiger charge is -2.29. The summed E-state index contributed by atoms with van der Waals surface area (Å²) >= 11 is 0. The second kappa shape index (κ2) is 6.21. The summed E-state index contributed by atoms with van der Waals surface area (Å²) in [6.07, 6.45) is 4.87. The molecule has 0 bridgehead atoms. The number of rotatable bonds is 4. The maximum absolute atomic E-state index is 9.47. The van der Waals surface area contributed by atoms with Crippen molar-refractivity contribution in [3.8, 4) is 5.75 Å². The molecule has 0 aliphatic heterocycles. The van der Waals surface area contributed by atoms with Crippen LogP contribution in [0.4, 0.5) is 0 Å². The van der Waals surface area contributed by atoms with Gasteiger partial charge >= 0.3 is 0 Å². The molecule has 1 fully saturated rings. The topological polar surface area (TPSA) is 52.5 Å². The molecule has 0 aromatic heterocycles. The van der Waals surface area contributed by atoms with Crippen LogP contribution in [0, 0.1) is 0 Å². The van der Waals surface area contributed by atoms with Crippen molar-refractivity contribution in [2.24, 2.45) is 0 Å². The van der Waals surface area contributed by atoms with E-state index in [1.165, 1.54) is 5.56 Å². The van der Waals surface area contributed by atoms with Gasteiger partial charge in [0.25, 0.3) is 0 Å². The van der Waals surface area contributed by atoms with Gasteiger partial charge in [-0.15, -0.1) is 0 Å². The SMILES string of the molecule is CC(Cc1ccc(O)cc1)NC1CCC(O)CC1. The van der Waals surface area contributed by atoms with Gasteiger partial charge in [0.2, 0.25) is 0 Å². The van der Waals surface area contributed by atoms with Crippen LogP contribution in [0.15, 0.2) is 24.3 Å². The lowest BCUT2D eigenvalue weighted by Crippen LogP contribution is -2.40. The lowest BCUT2D eigenvalue weighted by molar-refractivity contribution is 0.114.